The van der Waals surface area contributed by atoms with Gasteiger partial charge in [-0.15, -0.1) is 0 Å². The molecule has 0 aliphatic rings. The standard InChI is InChI=1S/C15H13Br2F/c1-10-8-12(16)4-7-14(10)15(17)9-11-2-5-13(18)6-3-11/h2-8,15H,9H2,1H3. The molecule has 0 aliphatic heterocycles. The largest absolute Gasteiger partial charge is 0.207 e. The van der Waals surface area contributed by atoms with Crippen LogP contribution in [-0.4, -0.2) is 0 Å². The van der Waals surface area contributed by atoms with Crippen molar-refractivity contribution in [3.8, 4) is 0 Å². The number of hydrogen-bond acceptors (Lipinski definition) is 0. The van der Waals surface area contributed by atoms with Crippen LogP contribution in [0.4, 0.5) is 4.39 Å². The second-order valence-electron chi connectivity index (χ2n) is 4.30. The molecule has 2 aromatic carbocycles. The van der Waals surface area contributed by atoms with Gasteiger partial charge in [0.15, 0.2) is 0 Å². The first-order chi connectivity index (χ1) is 8.56. The van der Waals surface area contributed by atoms with Crippen molar-refractivity contribution in [3.63, 3.8) is 0 Å². The van der Waals surface area contributed by atoms with E-state index in [9.17, 15) is 4.39 Å². The van der Waals surface area contributed by atoms with Crippen LogP contribution in [-0.2, 0) is 6.42 Å². The van der Waals surface area contributed by atoms with Gasteiger partial charge in [-0.05, 0) is 54.3 Å². The molecule has 2 aromatic rings. The molecule has 0 aliphatic carbocycles. The Hall–Kier alpha value is -0.670. The molecule has 0 radical (unpaired) electrons. The predicted octanol–water partition coefficient (Wildman–Crippen LogP) is 5.58. The Balaban J connectivity index is 2.16. The number of aryl methyl sites for hydroxylation is 1. The molecule has 0 saturated carbocycles. The Bertz CT molecular complexity index is 535. The summed E-state index contributed by atoms with van der Waals surface area (Å²) in [5.41, 5.74) is 3.64. The van der Waals surface area contributed by atoms with Crippen LogP contribution < -0.4 is 0 Å². The highest BCUT2D eigenvalue weighted by molar-refractivity contribution is 9.10. The smallest absolute Gasteiger partial charge is 0.123 e. The molecule has 0 heterocycles. The van der Waals surface area contributed by atoms with Gasteiger partial charge in [0, 0.05) is 9.30 Å². The molecule has 2 rings (SSSR count). The fourth-order valence-electron chi connectivity index (χ4n) is 1.93. The van der Waals surface area contributed by atoms with Gasteiger partial charge in [-0.3, -0.25) is 0 Å². The number of benzene rings is 2. The Morgan fingerprint density at radius 2 is 1.78 bits per heavy atom. The quantitative estimate of drug-likeness (QED) is 0.618. The molecule has 0 spiro atoms. The normalized spacial score (nSPS) is 12.4. The van der Waals surface area contributed by atoms with Gasteiger partial charge in [-0.2, -0.15) is 0 Å². The van der Waals surface area contributed by atoms with E-state index in [-0.39, 0.29) is 10.6 Å². The van der Waals surface area contributed by atoms with E-state index >= 15 is 0 Å². The summed E-state index contributed by atoms with van der Waals surface area (Å²) < 4.78 is 13.9. The van der Waals surface area contributed by atoms with E-state index < -0.39 is 0 Å². The summed E-state index contributed by atoms with van der Waals surface area (Å²) in [6.07, 6.45) is 0.850. The third-order valence-corrected chi connectivity index (χ3v) is 4.21. The minimum atomic E-state index is -0.190. The fourth-order valence-corrected chi connectivity index (χ4v) is 3.29. The molecule has 0 aromatic heterocycles. The number of rotatable bonds is 3. The minimum absolute atomic E-state index is 0.190. The molecule has 0 N–H and O–H groups in total. The molecule has 0 saturated heterocycles. The van der Waals surface area contributed by atoms with Crippen LogP contribution >= 0.6 is 31.9 Å². The molecule has 3 heteroatoms. The summed E-state index contributed by atoms with van der Waals surface area (Å²) in [6.45, 7) is 2.10. The van der Waals surface area contributed by atoms with E-state index in [1.54, 1.807) is 0 Å². The van der Waals surface area contributed by atoms with Gasteiger partial charge < -0.3 is 0 Å². The van der Waals surface area contributed by atoms with Gasteiger partial charge in [0.1, 0.15) is 5.82 Å². The third kappa shape index (κ3) is 3.42. The van der Waals surface area contributed by atoms with Crippen molar-refractivity contribution in [2.75, 3.05) is 0 Å². The highest BCUT2D eigenvalue weighted by atomic mass is 79.9. The van der Waals surface area contributed by atoms with E-state index in [0.717, 1.165) is 16.5 Å². The molecule has 1 atom stereocenters. The molecule has 0 fully saturated rings. The van der Waals surface area contributed by atoms with Crippen LogP contribution in [0.5, 0.6) is 0 Å². The molecular weight excluding hydrogens is 359 g/mol. The zero-order chi connectivity index (χ0) is 13.1. The van der Waals surface area contributed by atoms with E-state index in [0.29, 0.717) is 0 Å². The van der Waals surface area contributed by atoms with Gasteiger partial charge in [-0.25, -0.2) is 4.39 Å². The monoisotopic (exact) mass is 370 g/mol. The van der Waals surface area contributed by atoms with Crippen molar-refractivity contribution < 1.29 is 4.39 Å². The summed E-state index contributed by atoms with van der Waals surface area (Å²) in [5.74, 6) is -0.190. The molecule has 18 heavy (non-hydrogen) atoms. The minimum Gasteiger partial charge on any atom is -0.207 e. The second kappa shape index (κ2) is 5.98. The zero-order valence-electron chi connectivity index (χ0n) is 9.96. The lowest BCUT2D eigenvalue weighted by Gasteiger charge is -2.13. The van der Waals surface area contributed by atoms with E-state index in [1.165, 1.54) is 23.3 Å². The average molecular weight is 372 g/mol. The molecule has 0 bridgehead atoms. The van der Waals surface area contributed by atoms with Crippen molar-refractivity contribution in [2.45, 2.75) is 18.2 Å². The average Bonchev–Trinajstić information content (AvgIpc) is 2.32. The molecule has 0 amide bonds. The van der Waals surface area contributed by atoms with Crippen molar-refractivity contribution >= 4 is 31.9 Å². The van der Waals surface area contributed by atoms with Gasteiger partial charge in [0.25, 0.3) is 0 Å². The van der Waals surface area contributed by atoms with Gasteiger partial charge in [0.2, 0.25) is 0 Å². The maximum Gasteiger partial charge on any atom is 0.123 e. The van der Waals surface area contributed by atoms with Gasteiger partial charge in [0.05, 0.1) is 0 Å². The van der Waals surface area contributed by atoms with Crippen LogP contribution in [0.3, 0.4) is 0 Å². The SMILES string of the molecule is Cc1cc(Br)ccc1C(Br)Cc1ccc(F)cc1. The fraction of sp³-hybridized carbons (Fsp3) is 0.200. The number of hydrogen-bond donors (Lipinski definition) is 0. The van der Waals surface area contributed by atoms with Crippen molar-refractivity contribution in [1.82, 2.24) is 0 Å². The predicted molar refractivity (Wildman–Crippen MR) is 80.7 cm³/mol. The third-order valence-electron chi connectivity index (χ3n) is 2.90. The zero-order valence-corrected chi connectivity index (χ0v) is 13.1. The van der Waals surface area contributed by atoms with Crippen LogP contribution in [0.2, 0.25) is 0 Å². The summed E-state index contributed by atoms with van der Waals surface area (Å²) in [7, 11) is 0. The Labute approximate surface area is 123 Å². The molecule has 0 nitrogen and oxygen atoms in total. The molecular formula is C15H13Br2F. The summed E-state index contributed by atoms with van der Waals surface area (Å²) >= 11 is 7.17. The van der Waals surface area contributed by atoms with E-state index in [1.807, 2.05) is 18.2 Å². The van der Waals surface area contributed by atoms with E-state index in [2.05, 4.69) is 50.9 Å². The van der Waals surface area contributed by atoms with Crippen molar-refractivity contribution in [1.29, 1.82) is 0 Å². The first-order valence-electron chi connectivity index (χ1n) is 5.71. The molecule has 1 unspecified atom stereocenters. The lowest BCUT2D eigenvalue weighted by molar-refractivity contribution is 0.627. The van der Waals surface area contributed by atoms with Crippen LogP contribution in [0, 0.1) is 12.7 Å². The Kier molecular flexibility index (Phi) is 4.57. The second-order valence-corrected chi connectivity index (χ2v) is 6.32. The summed E-state index contributed by atoms with van der Waals surface area (Å²) in [4.78, 5) is 0.246. The maximum absolute atomic E-state index is 12.8. The van der Waals surface area contributed by atoms with Crippen LogP contribution in [0.25, 0.3) is 0 Å². The molecule has 94 valence electrons. The van der Waals surface area contributed by atoms with E-state index in [4.69, 9.17) is 0 Å². The number of alkyl halides is 1. The highest BCUT2D eigenvalue weighted by Gasteiger charge is 2.11. The Morgan fingerprint density at radius 3 is 2.39 bits per heavy atom. The topological polar surface area (TPSA) is 0 Å². The van der Waals surface area contributed by atoms with Crippen LogP contribution in [0.15, 0.2) is 46.9 Å². The van der Waals surface area contributed by atoms with Crippen molar-refractivity contribution in [2.24, 2.45) is 0 Å². The highest BCUT2D eigenvalue weighted by Crippen LogP contribution is 2.30. The van der Waals surface area contributed by atoms with Gasteiger partial charge in [-0.1, -0.05) is 50.1 Å². The number of halogens is 3. The first-order valence-corrected chi connectivity index (χ1v) is 7.41. The van der Waals surface area contributed by atoms with Gasteiger partial charge >= 0.3 is 0 Å². The summed E-state index contributed by atoms with van der Waals surface area (Å²) in [5, 5.41) is 0. The maximum atomic E-state index is 12.8. The Morgan fingerprint density at radius 1 is 1.11 bits per heavy atom. The lowest BCUT2D eigenvalue weighted by Crippen LogP contribution is -1.98. The van der Waals surface area contributed by atoms with Crippen LogP contribution in [0.1, 0.15) is 21.5 Å². The lowest BCUT2D eigenvalue weighted by atomic mass is 10.0. The van der Waals surface area contributed by atoms with Crippen molar-refractivity contribution in [3.05, 3.63) is 69.4 Å². The summed E-state index contributed by atoms with van der Waals surface area (Å²) in [6, 6.07) is 12.9. The first kappa shape index (κ1) is 13.8.